The zero-order valence-electron chi connectivity index (χ0n) is 19.0. The first-order valence-corrected chi connectivity index (χ1v) is 11.2. The monoisotopic (exact) mass is 455 g/mol. The maximum Gasteiger partial charge on any atom is 0.253 e. The Balaban J connectivity index is 1.67. The summed E-state index contributed by atoms with van der Waals surface area (Å²) in [5.74, 6) is 0.441. The van der Waals surface area contributed by atoms with Crippen LogP contribution in [-0.2, 0) is 6.42 Å². The predicted octanol–water partition coefficient (Wildman–Crippen LogP) is 4.53. The van der Waals surface area contributed by atoms with E-state index in [2.05, 4.69) is 38.0 Å². The van der Waals surface area contributed by atoms with Gasteiger partial charge in [-0.1, -0.05) is 39.3 Å². The number of pyridine rings is 1. The summed E-state index contributed by atoms with van der Waals surface area (Å²) in [5, 5.41) is 21.5. The molecule has 1 heterocycles. The molecule has 1 aliphatic carbocycles. The van der Waals surface area contributed by atoms with Crippen molar-refractivity contribution in [2.75, 3.05) is 6.61 Å². The molecule has 0 atom stereocenters. The Kier molecular flexibility index (Phi) is 7.12. The molecule has 7 heteroatoms. The van der Waals surface area contributed by atoms with Crippen molar-refractivity contribution >= 4 is 17.5 Å². The number of rotatable bonds is 8. The number of aliphatic hydroxyl groups is 1. The van der Waals surface area contributed by atoms with E-state index in [0.717, 1.165) is 25.0 Å². The van der Waals surface area contributed by atoms with E-state index in [-0.39, 0.29) is 35.5 Å². The normalized spacial score (nSPS) is 20.7. The summed E-state index contributed by atoms with van der Waals surface area (Å²) in [4.78, 5) is 17.3. The van der Waals surface area contributed by atoms with Crippen LogP contribution in [0, 0.1) is 22.2 Å². The van der Waals surface area contributed by atoms with E-state index in [1.165, 1.54) is 0 Å². The van der Waals surface area contributed by atoms with Crippen molar-refractivity contribution in [3.8, 4) is 11.8 Å². The Morgan fingerprint density at radius 3 is 2.50 bits per heavy atom. The molecule has 1 aromatic carbocycles. The first-order valence-electron chi connectivity index (χ1n) is 10.8. The molecule has 0 radical (unpaired) electrons. The molecule has 6 nitrogen and oxygen atoms in total. The van der Waals surface area contributed by atoms with E-state index in [0.29, 0.717) is 21.9 Å². The maximum atomic E-state index is 12.9. The highest BCUT2D eigenvalue weighted by Gasteiger charge is 2.64. The number of amides is 1. The SMILES string of the molecule is CC1(C)C(NC(=O)c2ccc(CCCCO)nc2)C(C)(C)C1Oc1ccc(C#N)c(Cl)c1. The number of aryl methyl sites for hydroxylation is 1. The van der Waals surface area contributed by atoms with Gasteiger partial charge < -0.3 is 15.2 Å². The quantitative estimate of drug-likeness (QED) is 0.570. The van der Waals surface area contributed by atoms with Gasteiger partial charge in [0.1, 0.15) is 17.9 Å². The summed E-state index contributed by atoms with van der Waals surface area (Å²) in [6.07, 6.45) is 3.84. The second-order valence-electron chi connectivity index (χ2n) is 9.52. The van der Waals surface area contributed by atoms with Crippen LogP contribution < -0.4 is 10.1 Å². The van der Waals surface area contributed by atoms with Crippen LogP contribution in [0.5, 0.6) is 5.75 Å². The minimum atomic E-state index is -0.322. The number of aromatic nitrogens is 1. The van der Waals surface area contributed by atoms with Crippen LogP contribution >= 0.6 is 11.6 Å². The molecule has 2 aromatic rings. The molecule has 0 saturated heterocycles. The summed E-state index contributed by atoms with van der Waals surface area (Å²) < 4.78 is 6.27. The van der Waals surface area contributed by atoms with Crippen molar-refractivity contribution in [1.82, 2.24) is 10.3 Å². The van der Waals surface area contributed by atoms with Gasteiger partial charge in [0.25, 0.3) is 5.91 Å². The minimum absolute atomic E-state index is 0.106. The molecule has 3 rings (SSSR count). The Morgan fingerprint density at radius 1 is 1.22 bits per heavy atom. The third-order valence-electron chi connectivity index (χ3n) is 6.36. The zero-order chi connectivity index (χ0) is 23.5. The molecule has 1 aromatic heterocycles. The minimum Gasteiger partial charge on any atom is -0.489 e. The number of nitrogens with zero attached hydrogens (tertiary/aromatic N) is 2. The molecular weight excluding hydrogens is 426 g/mol. The highest BCUT2D eigenvalue weighted by Crippen LogP contribution is 2.55. The summed E-state index contributed by atoms with van der Waals surface area (Å²) in [6, 6.07) is 10.7. The fourth-order valence-corrected chi connectivity index (χ4v) is 5.15. The molecule has 1 amide bonds. The second kappa shape index (κ2) is 9.48. The number of unbranched alkanes of at least 4 members (excludes halogenated alkanes) is 1. The van der Waals surface area contributed by atoms with Crippen molar-refractivity contribution in [3.63, 3.8) is 0 Å². The molecule has 0 aliphatic heterocycles. The third kappa shape index (κ3) is 4.74. The summed E-state index contributed by atoms with van der Waals surface area (Å²) >= 11 is 6.15. The molecule has 170 valence electrons. The Bertz CT molecular complexity index is 996. The van der Waals surface area contributed by atoms with Crippen LogP contribution in [0.3, 0.4) is 0 Å². The smallest absolute Gasteiger partial charge is 0.253 e. The Labute approximate surface area is 194 Å². The van der Waals surface area contributed by atoms with Gasteiger partial charge in [0.15, 0.2) is 0 Å². The van der Waals surface area contributed by atoms with E-state index in [1.807, 2.05) is 12.1 Å². The molecule has 1 saturated carbocycles. The average Bonchev–Trinajstić information content (AvgIpc) is 2.76. The van der Waals surface area contributed by atoms with Gasteiger partial charge >= 0.3 is 0 Å². The molecule has 0 bridgehead atoms. The number of hydrogen-bond donors (Lipinski definition) is 2. The van der Waals surface area contributed by atoms with Crippen LogP contribution in [0.2, 0.25) is 5.02 Å². The molecule has 32 heavy (non-hydrogen) atoms. The van der Waals surface area contributed by atoms with E-state index in [1.54, 1.807) is 30.5 Å². The first-order chi connectivity index (χ1) is 15.1. The molecule has 1 fully saturated rings. The van der Waals surface area contributed by atoms with Gasteiger partial charge in [0, 0.05) is 41.4 Å². The number of hydrogen-bond acceptors (Lipinski definition) is 5. The summed E-state index contributed by atoms with van der Waals surface area (Å²) in [5.41, 5.74) is 1.19. The van der Waals surface area contributed by atoms with Gasteiger partial charge in [-0.05, 0) is 43.5 Å². The predicted molar refractivity (Wildman–Crippen MR) is 124 cm³/mol. The second-order valence-corrected chi connectivity index (χ2v) is 9.93. The number of nitrogens with one attached hydrogen (secondary N) is 1. The van der Waals surface area contributed by atoms with Crippen LogP contribution in [0.15, 0.2) is 36.5 Å². The van der Waals surface area contributed by atoms with Gasteiger partial charge in [0.2, 0.25) is 0 Å². The number of carbonyl (C=O) groups is 1. The third-order valence-corrected chi connectivity index (χ3v) is 6.67. The molecule has 1 aliphatic rings. The lowest BCUT2D eigenvalue weighted by Gasteiger charge is -2.63. The number of carbonyl (C=O) groups excluding carboxylic acids is 1. The first kappa shape index (κ1) is 24.0. The zero-order valence-corrected chi connectivity index (χ0v) is 19.7. The van der Waals surface area contributed by atoms with E-state index < -0.39 is 0 Å². The number of benzene rings is 1. The van der Waals surface area contributed by atoms with Crippen LogP contribution in [-0.4, -0.2) is 34.8 Å². The lowest BCUT2D eigenvalue weighted by Crippen LogP contribution is -2.74. The van der Waals surface area contributed by atoms with Gasteiger partial charge in [-0.3, -0.25) is 9.78 Å². The van der Waals surface area contributed by atoms with Crippen LogP contribution in [0.25, 0.3) is 0 Å². The fourth-order valence-electron chi connectivity index (χ4n) is 4.93. The lowest BCUT2D eigenvalue weighted by atomic mass is 9.49. The van der Waals surface area contributed by atoms with Crippen molar-refractivity contribution in [2.24, 2.45) is 10.8 Å². The van der Waals surface area contributed by atoms with E-state index in [4.69, 9.17) is 26.7 Å². The highest BCUT2D eigenvalue weighted by atomic mass is 35.5. The van der Waals surface area contributed by atoms with Crippen molar-refractivity contribution in [3.05, 3.63) is 58.4 Å². The maximum absolute atomic E-state index is 12.9. The van der Waals surface area contributed by atoms with Gasteiger partial charge in [-0.2, -0.15) is 5.26 Å². The number of halogens is 1. The number of nitriles is 1. The molecule has 0 spiro atoms. The average molecular weight is 456 g/mol. The van der Waals surface area contributed by atoms with Crippen molar-refractivity contribution in [1.29, 1.82) is 5.26 Å². The largest absolute Gasteiger partial charge is 0.489 e. The molecule has 2 N–H and O–H groups in total. The Morgan fingerprint density at radius 2 is 1.94 bits per heavy atom. The van der Waals surface area contributed by atoms with Crippen LogP contribution in [0.1, 0.15) is 62.2 Å². The molecular formula is C25H30ClN3O3. The van der Waals surface area contributed by atoms with Gasteiger partial charge in [-0.15, -0.1) is 0 Å². The summed E-state index contributed by atoms with van der Waals surface area (Å²) in [7, 11) is 0. The topological polar surface area (TPSA) is 95.2 Å². The van der Waals surface area contributed by atoms with Gasteiger partial charge in [0.05, 0.1) is 16.1 Å². The molecule has 0 unspecified atom stereocenters. The standard InChI is InChI=1S/C25H30ClN3O3/c1-24(2)22(29-21(31)17-8-10-18(28-15-17)7-5-6-12-30)25(3,4)23(24)32-19-11-9-16(14-27)20(26)13-19/h8-11,13,15,22-23,30H,5-7,12H2,1-4H3,(H,29,31). The van der Waals surface area contributed by atoms with Crippen molar-refractivity contribution < 1.29 is 14.6 Å². The van der Waals surface area contributed by atoms with E-state index in [9.17, 15) is 4.79 Å². The summed E-state index contributed by atoms with van der Waals surface area (Å²) in [6.45, 7) is 8.46. The highest BCUT2D eigenvalue weighted by molar-refractivity contribution is 6.31. The van der Waals surface area contributed by atoms with Crippen molar-refractivity contribution in [2.45, 2.75) is 59.1 Å². The number of ether oxygens (including phenoxy) is 1. The lowest BCUT2D eigenvalue weighted by molar-refractivity contribution is -0.164. The van der Waals surface area contributed by atoms with E-state index >= 15 is 0 Å². The van der Waals surface area contributed by atoms with Crippen LogP contribution in [0.4, 0.5) is 0 Å². The Hall–Kier alpha value is -2.62. The fraction of sp³-hybridized carbons (Fsp3) is 0.480. The number of aliphatic hydroxyl groups excluding tert-OH is 1. The van der Waals surface area contributed by atoms with Gasteiger partial charge in [-0.25, -0.2) is 0 Å².